The van der Waals surface area contributed by atoms with Gasteiger partial charge in [0.05, 0.1) is 17.9 Å². The van der Waals surface area contributed by atoms with Crippen molar-refractivity contribution in [3.63, 3.8) is 0 Å². The van der Waals surface area contributed by atoms with Gasteiger partial charge in [0, 0.05) is 5.56 Å². The largest absolute Gasteiger partial charge is 0.462 e. The first kappa shape index (κ1) is 19.5. The lowest BCUT2D eigenvalue weighted by Gasteiger charge is -2.13. The van der Waals surface area contributed by atoms with Gasteiger partial charge in [0.15, 0.2) is 0 Å². The second-order valence-corrected chi connectivity index (χ2v) is 6.68. The van der Waals surface area contributed by atoms with Gasteiger partial charge >= 0.3 is 5.97 Å². The molecule has 0 saturated heterocycles. The first-order valence-corrected chi connectivity index (χ1v) is 9.70. The summed E-state index contributed by atoms with van der Waals surface area (Å²) in [6, 6.07) is 26.0. The molecular formula is C24H21N3O3. The van der Waals surface area contributed by atoms with Gasteiger partial charge in [-0.05, 0) is 36.8 Å². The average Bonchev–Trinajstić information content (AvgIpc) is 3.25. The van der Waals surface area contributed by atoms with E-state index in [1.165, 1.54) is 0 Å². The monoisotopic (exact) mass is 399 g/mol. The molecule has 6 nitrogen and oxygen atoms in total. The molecule has 0 aliphatic heterocycles. The number of rotatable bonds is 6. The predicted molar refractivity (Wildman–Crippen MR) is 113 cm³/mol. The van der Waals surface area contributed by atoms with Gasteiger partial charge in [0.2, 0.25) is 0 Å². The van der Waals surface area contributed by atoms with Crippen molar-refractivity contribution in [1.29, 1.82) is 0 Å². The minimum absolute atomic E-state index is 0.322. The topological polar surface area (TPSA) is 77.2 Å². The van der Waals surface area contributed by atoms with E-state index in [0.29, 0.717) is 23.6 Å². The van der Waals surface area contributed by atoms with Crippen molar-refractivity contribution < 1.29 is 14.6 Å². The molecule has 0 bridgehead atoms. The molecule has 0 radical (unpaired) electrons. The Kier molecular flexibility index (Phi) is 5.68. The molecule has 0 aliphatic rings. The molecule has 6 heteroatoms. The number of aromatic nitrogens is 3. The molecule has 0 saturated carbocycles. The maximum Gasteiger partial charge on any atom is 0.338 e. The normalized spacial score (nSPS) is 11.8. The molecule has 4 rings (SSSR count). The zero-order valence-corrected chi connectivity index (χ0v) is 16.5. The second-order valence-electron chi connectivity index (χ2n) is 6.68. The van der Waals surface area contributed by atoms with Crippen LogP contribution in [0.25, 0.3) is 16.9 Å². The molecule has 3 aromatic carbocycles. The highest BCUT2D eigenvalue weighted by Gasteiger charge is 2.23. The molecule has 4 aromatic rings. The Balaban J connectivity index is 1.79. The Bertz CT molecular complexity index is 1120. The van der Waals surface area contributed by atoms with E-state index in [1.54, 1.807) is 35.9 Å². The summed E-state index contributed by atoms with van der Waals surface area (Å²) in [5.41, 5.74) is 3.95. The van der Waals surface area contributed by atoms with E-state index in [4.69, 9.17) is 4.74 Å². The van der Waals surface area contributed by atoms with Crippen molar-refractivity contribution in [1.82, 2.24) is 15.0 Å². The number of carbonyl (C=O) groups is 1. The summed E-state index contributed by atoms with van der Waals surface area (Å²) >= 11 is 0. The number of aliphatic hydroxyl groups excluding tert-OH is 1. The predicted octanol–water partition coefficient (Wildman–Crippen LogP) is 4.19. The maximum absolute atomic E-state index is 11.9. The molecule has 1 heterocycles. The van der Waals surface area contributed by atoms with Crippen LogP contribution < -0.4 is 0 Å². The number of benzene rings is 3. The smallest absolute Gasteiger partial charge is 0.338 e. The van der Waals surface area contributed by atoms with Crippen LogP contribution in [-0.2, 0) is 4.74 Å². The van der Waals surface area contributed by atoms with Crippen LogP contribution in [0.15, 0.2) is 84.9 Å². The van der Waals surface area contributed by atoms with Gasteiger partial charge in [-0.15, -0.1) is 5.10 Å². The zero-order chi connectivity index (χ0) is 20.9. The average molecular weight is 399 g/mol. The fourth-order valence-corrected chi connectivity index (χ4v) is 3.27. The van der Waals surface area contributed by atoms with Crippen LogP contribution in [-0.4, -0.2) is 32.7 Å². The minimum Gasteiger partial charge on any atom is -0.462 e. The molecule has 30 heavy (non-hydrogen) atoms. The van der Waals surface area contributed by atoms with Crippen LogP contribution in [0.3, 0.4) is 0 Å². The second kappa shape index (κ2) is 8.71. The number of nitrogens with zero attached hydrogens (tertiary/aromatic N) is 3. The molecule has 1 aromatic heterocycles. The van der Waals surface area contributed by atoms with Gasteiger partial charge in [0.1, 0.15) is 17.5 Å². The quantitative estimate of drug-likeness (QED) is 0.492. The summed E-state index contributed by atoms with van der Waals surface area (Å²) in [5.74, 6) is -0.369. The highest BCUT2D eigenvalue weighted by molar-refractivity contribution is 5.89. The minimum atomic E-state index is -0.922. The van der Waals surface area contributed by atoms with E-state index >= 15 is 0 Å². The Hall–Kier alpha value is -3.77. The number of hydrogen-bond acceptors (Lipinski definition) is 5. The summed E-state index contributed by atoms with van der Waals surface area (Å²) in [5, 5.41) is 19.6. The lowest BCUT2D eigenvalue weighted by Crippen LogP contribution is -2.06. The number of hydrogen-bond donors (Lipinski definition) is 1. The van der Waals surface area contributed by atoms with Gasteiger partial charge in [-0.3, -0.25) is 0 Å². The fraction of sp³-hybridized carbons (Fsp3) is 0.125. The number of esters is 1. The van der Waals surface area contributed by atoms with Crippen molar-refractivity contribution in [2.45, 2.75) is 13.0 Å². The Morgan fingerprint density at radius 3 is 2.23 bits per heavy atom. The highest BCUT2D eigenvalue weighted by Crippen LogP contribution is 2.32. The number of carbonyl (C=O) groups excluding carboxylic acids is 1. The van der Waals surface area contributed by atoms with Gasteiger partial charge in [0.25, 0.3) is 0 Å². The van der Waals surface area contributed by atoms with Crippen LogP contribution >= 0.6 is 0 Å². The van der Waals surface area contributed by atoms with Crippen molar-refractivity contribution >= 4 is 5.97 Å². The van der Waals surface area contributed by atoms with E-state index in [-0.39, 0.29) is 5.97 Å². The van der Waals surface area contributed by atoms with Crippen molar-refractivity contribution in [3.05, 3.63) is 102 Å². The number of ether oxygens (including phenoxy) is 1. The van der Waals surface area contributed by atoms with Crippen molar-refractivity contribution in [3.8, 4) is 16.9 Å². The van der Waals surface area contributed by atoms with E-state index in [1.807, 2.05) is 60.7 Å². The SMILES string of the molecule is CCOC(=O)c1ccc(-n2nnc(C(O)c3ccccc3)c2-c2ccccc2)cc1. The van der Waals surface area contributed by atoms with Crippen LogP contribution in [0.1, 0.15) is 34.6 Å². The van der Waals surface area contributed by atoms with E-state index in [2.05, 4.69) is 10.3 Å². The van der Waals surface area contributed by atoms with Crippen molar-refractivity contribution in [2.24, 2.45) is 0 Å². The summed E-state index contributed by atoms with van der Waals surface area (Å²) in [6.45, 7) is 2.09. The highest BCUT2D eigenvalue weighted by atomic mass is 16.5. The van der Waals surface area contributed by atoms with Crippen LogP contribution in [0.2, 0.25) is 0 Å². The molecule has 1 unspecified atom stereocenters. The molecular weight excluding hydrogens is 378 g/mol. The molecule has 0 fully saturated rings. The third kappa shape index (κ3) is 3.86. The standard InChI is InChI=1S/C24H21N3O3/c1-2-30-24(29)19-13-15-20(16-14-19)27-22(17-9-5-3-6-10-17)21(25-26-27)23(28)18-11-7-4-8-12-18/h3-16,23,28H,2H2,1H3. The molecule has 0 aliphatic carbocycles. The molecule has 150 valence electrons. The van der Waals surface area contributed by atoms with Gasteiger partial charge < -0.3 is 9.84 Å². The lowest BCUT2D eigenvalue weighted by atomic mass is 10.0. The summed E-state index contributed by atoms with van der Waals surface area (Å²) in [7, 11) is 0. The Labute approximate surface area is 174 Å². The van der Waals surface area contributed by atoms with Gasteiger partial charge in [-0.2, -0.15) is 0 Å². The number of aliphatic hydroxyl groups is 1. The molecule has 0 spiro atoms. The third-order valence-corrected chi connectivity index (χ3v) is 4.74. The van der Waals surface area contributed by atoms with Crippen molar-refractivity contribution in [2.75, 3.05) is 6.61 Å². The zero-order valence-electron chi connectivity index (χ0n) is 16.5. The van der Waals surface area contributed by atoms with Crippen LogP contribution in [0.5, 0.6) is 0 Å². The molecule has 1 atom stereocenters. The summed E-state index contributed by atoms with van der Waals surface area (Å²) in [6.07, 6.45) is -0.922. The summed E-state index contributed by atoms with van der Waals surface area (Å²) < 4.78 is 6.72. The molecule has 0 amide bonds. The van der Waals surface area contributed by atoms with Gasteiger partial charge in [-0.1, -0.05) is 65.9 Å². The Morgan fingerprint density at radius 2 is 1.60 bits per heavy atom. The third-order valence-electron chi connectivity index (χ3n) is 4.74. The first-order chi connectivity index (χ1) is 14.7. The lowest BCUT2D eigenvalue weighted by molar-refractivity contribution is 0.0526. The fourth-order valence-electron chi connectivity index (χ4n) is 3.27. The summed E-state index contributed by atoms with van der Waals surface area (Å²) in [4.78, 5) is 11.9. The van der Waals surface area contributed by atoms with Crippen LogP contribution in [0, 0.1) is 0 Å². The van der Waals surface area contributed by atoms with E-state index in [9.17, 15) is 9.90 Å². The first-order valence-electron chi connectivity index (χ1n) is 9.70. The Morgan fingerprint density at radius 1 is 0.967 bits per heavy atom. The van der Waals surface area contributed by atoms with Crippen LogP contribution in [0.4, 0.5) is 0 Å². The maximum atomic E-state index is 11.9. The van der Waals surface area contributed by atoms with E-state index < -0.39 is 6.10 Å². The van der Waals surface area contributed by atoms with Gasteiger partial charge in [-0.25, -0.2) is 9.48 Å². The molecule has 1 N–H and O–H groups in total. The van der Waals surface area contributed by atoms with E-state index in [0.717, 1.165) is 16.8 Å².